The van der Waals surface area contributed by atoms with E-state index in [1.165, 1.54) is 0 Å². The van der Waals surface area contributed by atoms with Gasteiger partial charge in [0.15, 0.2) is 0 Å². The largest absolute Gasteiger partial charge is 1.00 e. The zero-order chi connectivity index (χ0) is 15.8. The molecule has 0 heterocycles. The van der Waals surface area contributed by atoms with E-state index >= 15 is 0 Å². The van der Waals surface area contributed by atoms with E-state index in [9.17, 15) is 19.2 Å². The summed E-state index contributed by atoms with van der Waals surface area (Å²) >= 11 is 0. The third-order valence-electron chi connectivity index (χ3n) is 2.33. The van der Waals surface area contributed by atoms with Crippen LogP contribution in [-0.2, 0) is 19.2 Å². The molecule has 0 aliphatic rings. The Kier molecular flexibility index (Phi) is 29.9. The van der Waals surface area contributed by atoms with Crippen LogP contribution < -0.4 is 129 Å². The monoisotopic (exact) mass is 388 g/mol. The van der Waals surface area contributed by atoms with Gasteiger partial charge in [-0.3, -0.25) is 24.5 Å². The Morgan fingerprint density at radius 2 is 1.08 bits per heavy atom. The molecule has 0 aliphatic carbocycles. The maximum absolute atomic E-state index is 10.8. The Balaban J connectivity index is -0.0000000645. The van der Waals surface area contributed by atoms with Crippen molar-refractivity contribution in [2.45, 2.75) is 18.4 Å². The summed E-state index contributed by atoms with van der Waals surface area (Å²) in [5.41, 5.74) is -1.59. The molecule has 14 heteroatoms. The number of carbonyl (C=O) groups is 4. The first-order valence-electron chi connectivity index (χ1n) is 5.50. The van der Waals surface area contributed by atoms with Gasteiger partial charge < -0.3 is 31.4 Å². The second kappa shape index (κ2) is 19.6. The number of aliphatic carboxylic acids is 4. The smallest absolute Gasteiger partial charge is 1.00 e. The van der Waals surface area contributed by atoms with Crippen molar-refractivity contribution in [1.29, 1.82) is 0 Å². The molecule has 6 N–H and O–H groups in total. The molecule has 0 aromatic carbocycles. The van der Waals surface area contributed by atoms with Crippen molar-refractivity contribution in [3.8, 4) is 0 Å². The number of hydrogen-bond acceptors (Lipinski definition) is 6. The number of carboxylic acids is 4. The molecular formula is C10H20N2Na4O8. The molecule has 122 valence electrons. The van der Waals surface area contributed by atoms with Gasteiger partial charge in [-0.25, -0.2) is 0 Å². The molecule has 10 nitrogen and oxygen atoms in total. The van der Waals surface area contributed by atoms with E-state index in [-0.39, 0.29) is 130 Å². The van der Waals surface area contributed by atoms with Crippen LogP contribution in [0.2, 0.25) is 0 Å². The topological polar surface area (TPSA) is 173 Å². The molecule has 0 aromatic heterocycles. The van der Waals surface area contributed by atoms with E-state index in [1.54, 1.807) is 0 Å². The van der Waals surface area contributed by atoms with Crippen molar-refractivity contribution in [2.75, 3.05) is 19.6 Å². The second-order valence-corrected chi connectivity index (χ2v) is 4.17. The predicted molar refractivity (Wildman–Crippen MR) is 67.8 cm³/mol. The molecule has 24 heavy (non-hydrogen) atoms. The summed E-state index contributed by atoms with van der Waals surface area (Å²) in [5, 5.41) is 39.4. The quantitative estimate of drug-likeness (QED) is 0.187. The van der Waals surface area contributed by atoms with Gasteiger partial charge in [-0.15, -0.1) is 0 Å². The fraction of sp³-hybridized carbons (Fsp3) is 0.600. The first kappa shape index (κ1) is 36.7. The van der Waals surface area contributed by atoms with Crippen LogP contribution in [0.15, 0.2) is 0 Å². The van der Waals surface area contributed by atoms with Crippen LogP contribution in [0.4, 0.5) is 0 Å². The number of carboxylic acid groups (broad SMARTS) is 4. The van der Waals surface area contributed by atoms with Crippen LogP contribution in [0.3, 0.4) is 0 Å². The van der Waals surface area contributed by atoms with Gasteiger partial charge >= 0.3 is 142 Å². The summed E-state index contributed by atoms with van der Waals surface area (Å²) in [7, 11) is 0. The van der Waals surface area contributed by atoms with Crippen LogP contribution in [0, 0.1) is 0 Å². The van der Waals surface area contributed by atoms with Gasteiger partial charge in [0.25, 0.3) is 0 Å². The zero-order valence-electron chi connectivity index (χ0n) is 18.5. The summed E-state index contributed by atoms with van der Waals surface area (Å²) in [6.07, 6.45) is -1.33. The van der Waals surface area contributed by atoms with E-state index in [1.807, 2.05) is 0 Å². The molecule has 0 spiro atoms. The van der Waals surface area contributed by atoms with E-state index in [0.29, 0.717) is 0 Å². The summed E-state index contributed by atoms with van der Waals surface area (Å²) in [5.74, 6) is -5.16. The second-order valence-electron chi connectivity index (χ2n) is 4.17. The molecule has 0 saturated heterocycles. The summed E-state index contributed by atoms with van der Waals surface area (Å²) in [4.78, 5) is 42.5. The molecular weight excluding hydrogens is 368 g/mol. The third-order valence-corrected chi connectivity index (χ3v) is 2.33. The number of hydrogen-bond donors (Lipinski definition) is 6. The Morgan fingerprint density at radius 3 is 1.38 bits per heavy atom. The Hall–Kier alpha value is 1.80. The molecule has 0 atom stereocenters. The number of rotatable bonds is 11. The van der Waals surface area contributed by atoms with Gasteiger partial charge in [0, 0.05) is 6.54 Å². The van der Waals surface area contributed by atoms with Crippen LogP contribution >= 0.6 is 0 Å². The van der Waals surface area contributed by atoms with E-state index < -0.39 is 55.3 Å². The first-order chi connectivity index (χ1) is 9.17. The van der Waals surface area contributed by atoms with Crippen LogP contribution in [0.25, 0.3) is 0 Å². The van der Waals surface area contributed by atoms with Gasteiger partial charge in [-0.1, -0.05) is 0 Å². The zero-order valence-corrected chi connectivity index (χ0v) is 22.5. The van der Waals surface area contributed by atoms with Crippen LogP contribution in [-0.4, -0.2) is 69.5 Å². The van der Waals surface area contributed by atoms with Gasteiger partial charge in [-0.2, -0.15) is 0 Å². The fourth-order valence-electron chi connectivity index (χ4n) is 1.63. The van der Waals surface area contributed by atoms with Crippen molar-refractivity contribution in [1.82, 2.24) is 10.6 Å². The maximum Gasteiger partial charge on any atom is 1.00 e. The Morgan fingerprint density at radius 1 is 0.708 bits per heavy atom. The minimum Gasteiger partial charge on any atom is -1.00 e. The molecule has 0 bridgehead atoms. The summed E-state index contributed by atoms with van der Waals surface area (Å²) in [6.45, 7) is -1.46. The molecule has 0 fully saturated rings. The SMILES string of the molecule is O=C(O)CNCC(CC(=O)O)(CC(=O)O)NCC(=O)O.[H-].[H-].[H-].[H-].[Na+].[Na+].[Na+].[Na+]. The molecule has 0 aliphatic heterocycles. The molecule has 0 rings (SSSR count). The average molecular weight is 388 g/mol. The summed E-state index contributed by atoms with van der Waals surface area (Å²) < 4.78 is 0. The molecule has 0 amide bonds. The number of nitrogens with one attached hydrogen (secondary N) is 2. The molecule has 0 radical (unpaired) electrons. The minimum absolute atomic E-state index is 0. The van der Waals surface area contributed by atoms with Gasteiger partial charge in [-0.05, 0) is 0 Å². The van der Waals surface area contributed by atoms with Crippen molar-refractivity contribution in [3.05, 3.63) is 0 Å². The molecule has 0 aromatic rings. The molecule has 0 unspecified atom stereocenters. The maximum atomic E-state index is 10.8. The predicted octanol–water partition coefficient (Wildman–Crippen LogP) is -13.5. The first-order valence-corrected chi connectivity index (χ1v) is 5.50. The Bertz CT molecular complexity index is 411. The Labute approximate surface area is 233 Å². The van der Waals surface area contributed by atoms with Crippen molar-refractivity contribution in [3.63, 3.8) is 0 Å². The van der Waals surface area contributed by atoms with Gasteiger partial charge in [0.1, 0.15) is 0 Å². The van der Waals surface area contributed by atoms with E-state index in [0.717, 1.165) is 0 Å². The minimum atomic E-state index is -1.59. The van der Waals surface area contributed by atoms with Gasteiger partial charge in [0.2, 0.25) is 0 Å². The fourth-order valence-corrected chi connectivity index (χ4v) is 1.63. The summed E-state index contributed by atoms with van der Waals surface area (Å²) in [6, 6.07) is 0. The van der Waals surface area contributed by atoms with E-state index in [4.69, 9.17) is 20.4 Å². The van der Waals surface area contributed by atoms with Crippen LogP contribution in [0.1, 0.15) is 18.5 Å². The van der Waals surface area contributed by atoms with Crippen molar-refractivity contribution >= 4 is 23.9 Å². The van der Waals surface area contributed by atoms with Crippen molar-refractivity contribution in [2.24, 2.45) is 0 Å². The standard InChI is InChI=1S/C10H16N2O8.4Na.4H/c13-6(14)1-10(2-7(15)16,12-4-9(19)20)5-11-3-8(17)18;;;;;;;;/h11-12H,1-5H2,(H,13,14)(H,15,16)(H,17,18)(H,19,20);;;;;;;;/q;4*+1;4*-1. The normalized spacial score (nSPS) is 9.17. The van der Waals surface area contributed by atoms with Crippen LogP contribution in [0.5, 0.6) is 0 Å². The average Bonchev–Trinajstić information content (AvgIpc) is 2.24. The van der Waals surface area contributed by atoms with Gasteiger partial charge in [0.05, 0.1) is 31.5 Å². The van der Waals surface area contributed by atoms with E-state index in [2.05, 4.69) is 10.6 Å². The third kappa shape index (κ3) is 20.1. The molecule has 0 saturated carbocycles. The van der Waals surface area contributed by atoms with Crippen molar-refractivity contribution < 1.29 is 164 Å².